The summed E-state index contributed by atoms with van der Waals surface area (Å²) in [7, 11) is 0. The smallest absolute Gasteiger partial charge is 0.0162 e. The largest absolute Gasteiger partial charge is 0.121 e. The molecule has 8 heavy (non-hydrogen) atoms. The average Bonchev–Trinajstić information content (AvgIpc) is 1.62. The lowest BCUT2D eigenvalue weighted by Gasteiger charge is -1.78. The molecule has 0 unspecified atom stereocenters. The Bertz CT molecular complexity index is 148. The summed E-state index contributed by atoms with van der Waals surface area (Å²) in [5.74, 6) is 0. The van der Waals surface area contributed by atoms with E-state index in [1.165, 1.54) is 0 Å². The van der Waals surface area contributed by atoms with Crippen LogP contribution in [0.5, 0.6) is 0 Å². The molecule has 0 aromatic rings. The summed E-state index contributed by atoms with van der Waals surface area (Å²) in [6.07, 6.45) is 13.0. The van der Waals surface area contributed by atoms with Gasteiger partial charge in [-0.3, -0.25) is 0 Å². The maximum atomic E-state index is 2.96. The molecule has 0 amide bonds. The third kappa shape index (κ3) is 1.63. The molecule has 0 fully saturated rings. The first-order valence-electron chi connectivity index (χ1n) is 2.73. The van der Waals surface area contributed by atoms with Crippen LogP contribution in [0.25, 0.3) is 0 Å². The van der Waals surface area contributed by atoms with Crippen molar-refractivity contribution in [1.29, 1.82) is 0 Å². The van der Waals surface area contributed by atoms with Gasteiger partial charge < -0.3 is 0 Å². The molecule has 0 aromatic heterocycles. The summed E-state index contributed by atoms with van der Waals surface area (Å²) in [5.41, 5.74) is 2.96. The Balaban J connectivity index is 2.73. The molecule has 0 heteroatoms. The molecule has 0 aliphatic heterocycles. The Kier molecular flexibility index (Phi) is 1.97. The van der Waals surface area contributed by atoms with E-state index in [2.05, 4.69) is 17.9 Å². The highest BCUT2D eigenvalue weighted by Crippen LogP contribution is 1.89. The van der Waals surface area contributed by atoms with Crippen LogP contribution in [0.4, 0.5) is 0 Å². The molecule has 0 radical (unpaired) electrons. The van der Waals surface area contributed by atoms with E-state index in [0.717, 1.165) is 6.42 Å². The first-order valence-corrected chi connectivity index (χ1v) is 2.73. The molecule has 0 nitrogen and oxygen atoms in total. The Labute approximate surface area is 49.5 Å². The standard InChI is InChI=1S/C8H8/c1-2-4-6-8-7-5-3-1/h1-3,6-8H,4H2/b2-1-,8-6-. The molecule has 1 aliphatic carbocycles. The molecule has 0 saturated heterocycles. The van der Waals surface area contributed by atoms with Crippen LogP contribution < -0.4 is 0 Å². The van der Waals surface area contributed by atoms with Crippen molar-refractivity contribution in [3.8, 4) is 0 Å². The summed E-state index contributed by atoms with van der Waals surface area (Å²) in [4.78, 5) is 0. The van der Waals surface area contributed by atoms with Crippen LogP contribution in [-0.4, -0.2) is 0 Å². The van der Waals surface area contributed by atoms with Crippen LogP contribution >= 0.6 is 0 Å². The van der Waals surface area contributed by atoms with Crippen molar-refractivity contribution in [2.24, 2.45) is 0 Å². The van der Waals surface area contributed by atoms with Gasteiger partial charge in [0.1, 0.15) is 0 Å². The van der Waals surface area contributed by atoms with Crippen molar-refractivity contribution in [1.82, 2.24) is 0 Å². The monoisotopic (exact) mass is 104 g/mol. The fraction of sp³-hybridized carbons (Fsp3) is 0.125. The molecule has 1 rings (SSSR count). The Morgan fingerprint density at radius 1 is 1.00 bits per heavy atom. The molecule has 40 valence electrons. The van der Waals surface area contributed by atoms with Crippen LogP contribution in [-0.2, 0) is 0 Å². The quantitative estimate of drug-likeness (QED) is 0.413. The number of hydrogen-bond donors (Lipinski definition) is 0. The lowest BCUT2D eigenvalue weighted by molar-refractivity contribution is 1.39. The van der Waals surface area contributed by atoms with Crippen LogP contribution in [0.2, 0.25) is 0 Å². The van der Waals surface area contributed by atoms with Gasteiger partial charge in [0.15, 0.2) is 0 Å². The summed E-state index contributed by atoms with van der Waals surface area (Å²) in [6.45, 7) is 0. The molecule has 0 heterocycles. The number of allylic oxidation sites excluding steroid dienone is 5. The lowest BCUT2D eigenvalue weighted by Crippen LogP contribution is -1.58. The van der Waals surface area contributed by atoms with Gasteiger partial charge in [0, 0.05) is 0 Å². The van der Waals surface area contributed by atoms with Gasteiger partial charge in [0.05, 0.1) is 0 Å². The van der Waals surface area contributed by atoms with Crippen molar-refractivity contribution < 1.29 is 0 Å². The zero-order valence-corrected chi connectivity index (χ0v) is 4.67. The zero-order valence-electron chi connectivity index (χ0n) is 4.67. The second-order valence-corrected chi connectivity index (χ2v) is 1.59. The van der Waals surface area contributed by atoms with Gasteiger partial charge in [-0.05, 0) is 18.6 Å². The average molecular weight is 104 g/mol. The minimum absolute atomic E-state index is 1.04. The first kappa shape index (κ1) is 5.14. The Morgan fingerprint density at radius 2 is 1.62 bits per heavy atom. The third-order valence-corrected chi connectivity index (χ3v) is 0.929. The van der Waals surface area contributed by atoms with Gasteiger partial charge in [-0.15, -0.1) is 5.73 Å². The molecule has 1 aliphatic rings. The SMILES string of the molecule is C1=C/C=C\C/C=C\C=1. The highest BCUT2D eigenvalue weighted by molar-refractivity contribution is 5.13. The predicted octanol–water partition coefficient (Wildman–Crippen LogP) is 2.21. The van der Waals surface area contributed by atoms with E-state index in [-0.39, 0.29) is 0 Å². The Morgan fingerprint density at radius 3 is 2.25 bits per heavy atom. The van der Waals surface area contributed by atoms with Crippen molar-refractivity contribution in [3.05, 3.63) is 42.2 Å². The highest BCUT2D eigenvalue weighted by atomic mass is 13.7. The molecule has 0 aromatic carbocycles. The maximum absolute atomic E-state index is 2.96. The van der Waals surface area contributed by atoms with Crippen LogP contribution in [0.15, 0.2) is 42.2 Å². The van der Waals surface area contributed by atoms with Crippen LogP contribution in [0, 0.1) is 0 Å². The Hall–Kier alpha value is -1.00. The van der Waals surface area contributed by atoms with Crippen molar-refractivity contribution in [3.63, 3.8) is 0 Å². The van der Waals surface area contributed by atoms with Crippen molar-refractivity contribution in [2.45, 2.75) is 6.42 Å². The molecule has 0 saturated carbocycles. The van der Waals surface area contributed by atoms with Gasteiger partial charge in [0.2, 0.25) is 0 Å². The number of hydrogen-bond acceptors (Lipinski definition) is 0. The van der Waals surface area contributed by atoms with Crippen molar-refractivity contribution >= 4 is 0 Å². The second-order valence-electron chi connectivity index (χ2n) is 1.59. The van der Waals surface area contributed by atoms with Crippen LogP contribution in [0.1, 0.15) is 6.42 Å². The molecular weight excluding hydrogens is 96.1 g/mol. The van der Waals surface area contributed by atoms with Gasteiger partial charge in [0.25, 0.3) is 0 Å². The van der Waals surface area contributed by atoms with Gasteiger partial charge >= 0.3 is 0 Å². The van der Waals surface area contributed by atoms with Gasteiger partial charge in [-0.2, -0.15) is 0 Å². The lowest BCUT2D eigenvalue weighted by atomic mass is 10.3. The second kappa shape index (κ2) is 3.06. The van der Waals surface area contributed by atoms with E-state index < -0.39 is 0 Å². The van der Waals surface area contributed by atoms with E-state index in [1.807, 2.05) is 24.3 Å². The third-order valence-electron chi connectivity index (χ3n) is 0.929. The molecular formula is C8H8. The normalized spacial score (nSPS) is 24.0. The molecule has 0 spiro atoms. The molecule has 0 N–H and O–H groups in total. The van der Waals surface area contributed by atoms with E-state index >= 15 is 0 Å². The summed E-state index contributed by atoms with van der Waals surface area (Å²) < 4.78 is 0. The van der Waals surface area contributed by atoms with Crippen LogP contribution in [0.3, 0.4) is 0 Å². The van der Waals surface area contributed by atoms with Gasteiger partial charge in [-0.1, -0.05) is 24.3 Å². The van der Waals surface area contributed by atoms with E-state index in [9.17, 15) is 0 Å². The fourth-order valence-electron chi connectivity index (χ4n) is 0.538. The summed E-state index contributed by atoms with van der Waals surface area (Å²) in [5, 5.41) is 0. The minimum Gasteiger partial charge on any atom is -0.121 e. The molecule has 0 bridgehead atoms. The molecule has 0 atom stereocenters. The predicted molar refractivity (Wildman–Crippen MR) is 35.5 cm³/mol. The number of rotatable bonds is 0. The fourth-order valence-corrected chi connectivity index (χ4v) is 0.538. The van der Waals surface area contributed by atoms with Gasteiger partial charge in [-0.25, -0.2) is 0 Å². The summed E-state index contributed by atoms with van der Waals surface area (Å²) >= 11 is 0. The highest BCUT2D eigenvalue weighted by Gasteiger charge is 1.68. The topological polar surface area (TPSA) is 0 Å². The first-order chi connectivity index (χ1) is 4.00. The van der Waals surface area contributed by atoms with Crippen molar-refractivity contribution in [2.75, 3.05) is 0 Å². The maximum Gasteiger partial charge on any atom is -0.0162 e. The van der Waals surface area contributed by atoms with E-state index in [1.54, 1.807) is 0 Å². The minimum atomic E-state index is 1.04. The van der Waals surface area contributed by atoms with E-state index in [0.29, 0.717) is 0 Å². The van der Waals surface area contributed by atoms with E-state index in [4.69, 9.17) is 0 Å². The zero-order chi connectivity index (χ0) is 5.66. The summed E-state index contributed by atoms with van der Waals surface area (Å²) in [6, 6.07) is 0.